The van der Waals surface area contributed by atoms with Crippen molar-refractivity contribution in [3.8, 4) is 0 Å². The van der Waals surface area contributed by atoms with Crippen LogP contribution in [0.1, 0.15) is 26.2 Å². The van der Waals surface area contributed by atoms with Crippen molar-refractivity contribution in [3.63, 3.8) is 0 Å². The Kier molecular flexibility index (Phi) is 5.64. The van der Waals surface area contributed by atoms with Crippen LogP contribution in [0, 0.1) is 5.82 Å². The van der Waals surface area contributed by atoms with Crippen LogP contribution in [0.2, 0.25) is 0 Å². The molecular formula is C18H26FN3O3S. The van der Waals surface area contributed by atoms with Crippen LogP contribution in [0.5, 0.6) is 0 Å². The summed E-state index contributed by atoms with van der Waals surface area (Å²) in [6.07, 6.45) is 3.34. The second-order valence-corrected chi connectivity index (χ2v) is 8.91. The quantitative estimate of drug-likeness (QED) is 0.776. The van der Waals surface area contributed by atoms with E-state index in [-0.39, 0.29) is 23.8 Å². The average molecular weight is 383 g/mol. The fourth-order valence-corrected chi connectivity index (χ4v) is 5.38. The largest absolute Gasteiger partial charge is 0.308 e. The Morgan fingerprint density at radius 1 is 1.15 bits per heavy atom. The summed E-state index contributed by atoms with van der Waals surface area (Å²) >= 11 is 0. The van der Waals surface area contributed by atoms with E-state index in [9.17, 15) is 17.6 Å². The lowest BCUT2D eigenvalue weighted by Crippen LogP contribution is -2.51. The predicted octanol–water partition coefficient (Wildman–Crippen LogP) is 1.68. The normalized spacial score (nSPS) is 23.2. The molecule has 1 unspecified atom stereocenters. The average Bonchev–Trinajstić information content (AvgIpc) is 2.97. The Hall–Kier alpha value is -1.51. The summed E-state index contributed by atoms with van der Waals surface area (Å²) < 4.78 is 39.4. The van der Waals surface area contributed by atoms with Crippen molar-refractivity contribution in [1.29, 1.82) is 0 Å². The number of hydrogen-bond donors (Lipinski definition) is 0. The van der Waals surface area contributed by atoms with E-state index in [1.165, 1.54) is 17.2 Å². The first-order valence-electron chi connectivity index (χ1n) is 9.09. The Bertz CT molecular complexity index is 763. The van der Waals surface area contributed by atoms with Gasteiger partial charge in [-0.15, -0.1) is 0 Å². The molecule has 0 spiro atoms. The van der Waals surface area contributed by atoms with E-state index >= 15 is 0 Å². The maximum absolute atomic E-state index is 14.0. The van der Waals surface area contributed by atoms with Crippen LogP contribution in [0.25, 0.3) is 0 Å². The minimum Gasteiger partial charge on any atom is -0.308 e. The number of sulfonamides is 1. The molecule has 2 saturated heterocycles. The summed E-state index contributed by atoms with van der Waals surface area (Å²) in [6, 6.07) is 6.09. The molecule has 1 atom stereocenters. The molecule has 0 N–H and O–H groups in total. The van der Waals surface area contributed by atoms with Crippen molar-refractivity contribution in [2.24, 2.45) is 0 Å². The Morgan fingerprint density at radius 3 is 2.38 bits per heavy atom. The number of amides is 1. The fourth-order valence-electron chi connectivity index (χ4n) is 4.16. The van der Waals surface area contributed by atoms with Crippen molar-refractivity contribution < 1.29 is 17.6 Å². The Balaban J connectivity index is 1.64. The number of anilines is 1. The van der Waals surface area contributed by atoms with E-state index in [2.05, 4.69) is 4.90 Å². The van der Waals surface area contributed by atoms with Crippen molar-refractivity contribution in [3.05, 3.63) is 30.1 Å². The van der Waals surface area contributed by atoms with Crippen molar-refractivity contribution in [1.82, 2.24) is 9.21 Å². The van der Waals surface area contributed by atoms with E-state index in [0.717, 1.165) is 0 Å². The summed E-state index contributed by atoms with van der Waals surface area (Å²) in [6.45, 7) is 4.18. The van der Waals surface area contributed by atoms with E-state index in [0.29, 0.717) is 51.1 Å². The molecule has 2 heterocycles. The van der Waals surface area contributed by atoms with Gasteiger partial charge in [-0.1, -0.05) is 19.1 Å². The molecule has 26 heavy (non-hydrogen) atoms. The first-order chi connectivity index (χ1) is 12.3. The first-order valence-corrected chi connectivity index (χ1v) is 10.9. The number of hydrogen-bond acceptors (Lipinski definition) is 4. The molecule has 2 fully saturated rings. The minimum atomic E-state index is -3.21. The molecule has 6 nitrogen and oxygen atoms in total. The second kappa shape index (κ2) is 7.62. The zero-order chi connectivity index (χ0) is 18.9. The molecule has 0 aliphatic carbocycles. The van der Waals surface area contributed by atoms with E-state index in [4.69, 9.17) is 0 Å². The van der Waals surface area contributed by atoms with Gasteiger partial charge in [0.15, 0.2) is 0 Å². The lowest BCUT2D eigenvalue weighted by molar-refractivity contribution is -0.122. The molecule has 2 aliphatic heterocycles. The molecule has 1 aromatic rings. The lowest BCUT2D eigenvalue weighted by atomic mass is 10.0. The fraction of sp³-hybridized carbons (Fsp3) is 0.611. The molecule has 2 aliphatic rings. The standard InChI is InChI=1S/C18H26FN3O3S/c1-3-22(26(2,24)25)14-8-11-20(12-9-14)17-10-13-21(18(17)23)16-7-5-4-6-15(16)19/h4-7,14,17H,3,8-13H2,1-2H3. The number of piperidine rings is 1. The smallest absolute Gasteiger partial charge is 0.244 e. The predicted molar refractivity (Wildman–Crippen MR) is 99.0 cm³/mol. The van der Waals surface area contributed by atoms with Crippen LogP contribution >= 0.6 is 0 Å². The third-order valence-corrected chi connectivity index (χ3v) is 6.81. The van der Waals surface area contributed by atoms with Crippen LogP contribution < -0.4 is 4.90 Å². The van der Waals surface area contributed by atoms with Gasteiger partial charge in [0.2, 0.25) is 15.9 Å². The molecule has 0 radical (unpaired) electrons. The monoisotopic (exact) mass is 383 g/mol. The molecule has 8 heteroatoms. The molecular weight excluding hydrogens is 357 g/mol. The van der Waals surface area contributed by atoms with Crippen LogP contribution in [-0.4, -0.2) is 68.0 Å². The van der Waals surface area contributed by atoms with Gasteiger partial charge in [-0.25, -0.2) is 12.8 Å². The summed E-state index contributed by atoms with van der Waals surface area (Å²) in [7, 11) is -3.21. The highest BCUT2D eigenvalue weighted by Gasteiger charge is 2.39. The molecule has 3 rings (SSSR count). The molecule has 0 saturated carbocycles. The number of carbonyl (C=O) groups excluding carboxylic acids is 1. The third kappa shape index (κ3) is 3.77. The van der Waals surface area contributed by atoms with Crippen LogP contribution in [0.15, 0.2) is 24.3 Å². The molecule has 1 aromatic carbocycles. The molecule has 0 aromatic heterocycles. The first kappa shape index (κ1) is 19.3. The van der Waals surface area contributed by atoms with Crippen molar-refractivity contribution in [2.75, 3.05) is 37.3 Å². The van der Waals surface area contributed by atoms with Crippen LogP contribution in [0.4, 0.5) is 10.1 Å². The highest BCUT2D eigenvalue weighted by molar-refractivity contribution is 7.88. The van der Waals surface area contributed by atoms with Gasteiger partial charge in [0.05, 0.1) is 18.0 Å². The van der Waals surface area contributed by atoms with Crippen molar-refractivity contribution >= 4 is 21.6 Å². The number of rotatable bonds is 5. The zero-order valence-corrected chi connectivity index (χ0v) is 16.1. The summed E-state index contributed by atoms with van der Waals surface area (Å²) in [4.78, 5) is 16.4. The highest BCUT2D eigenvalue weighted by atomic mass is 32.2. The van der Waals surface area contributed by atoms with Gasteiger partial charge in [-0.05, 0) is 31.4 Å². The molecule has 0 bridgehead atoms. The van der Waals surface area contributed by atoms with Gasteiger partial charge < -0.3 is 4.90 Å². The number of likely N-dealkylation sites (tertiary alicyclic amines) is 1. The number of benzene rings is 1. The number of para-hydroxylation sites is 1. The maximum atomic E-state index is 14.0. The lowest BCUT2D eigenvalue weighted by Gasteiger charge is -2.38. The van der Waals surface area contributed by atoms with Crippen molar-refractivity contribution in [2.45, 2.75) is 38.3 Å². The summed E-state index contributed by atoms with van der Waals surface area (Å²) in [5.74, 6) is -0.448. The van der Waals surface area contributed by atoms with Crippen LogP contribution in [-0.2, 0) is 14.8 Å². The molecule has 1 amide bonds. The summed E-state index contributed by atoms with van der Waals surface area (Å²) in [5.41, 5.74) is 0.337. The maximum Gasteiger partial charge on any atom is 0.244 e. The van der Waals surface area contributed by atoms with Gasteiger partial charge >= 0.3 is 0 Å². The van der Waals surface area contributed by atoms with Crippen LogP contribution in [0.3, 0.4) is 0 Å². The van der Waals surface area contributed by atoms with Gasteiger partial charge in [-0.2, -0.15) is 4.31 Å². The number of carbonyl (C=O) groups is 1. The van der Waals surface area contributed by atoms with E-state index in [1.54, 1.807) is 22.5 Å². The van der Waals surface area contributed by atoms with E-state index < -0.39 is 10.0 Å². The van der Waals surface area contributed by atoms with Gasteiger partial charge in [0.1, 0.15) is 5.82 Å². The highest BCUT2D eigenvalue weighted by Crippen LogP contribution is 2.29. The Morgan fingerprint density at radius 2 is 1.81 bits per heavy atom. The number of halogens is 1. The Labute approximate surface area is 154 Å². The van der Waals surface area contributed by atoms with Gasteiger partial charge in [0, 0.05) is 32.2 Å². The third-order valence-electron chi connectivity index (χ3n) is 5.41. The van der Waals surface area contributed by atoms with Gasteiger partial charge in [0.25, 0.3) is 0 Å². The minimum absolute atomic E-state index is 0.00886. The SMILES string of the molecule is CCN(C1CCN(C2CCN(c3ccccc3F)C2=O)CC1)S(C)(=O)=O. The zero-order valence-electron chi connectivity index (χ0n) is 15.3. The number of nitrogens with zero attached hydrogens (tertiary/aromatic N) is 3. The summed E-state index contributed by atoms with van der Waals surface area (Å²) in [5, 5.41) is 0. The molecule has 144 valence electrons. The van der Waals surface area contributed by atoms with E-state index in [1.807, 2.05) is 6.92 Å². The van der Waals surface area contributed by atoms with Gasteiger partial charge in [-0.3, -0.25) is 9.69 Å². The second-order valence-electron chi connectivity index (χ2n) is 6.98. The topological polar surface area (TPSA) is 60.9 Å².